The van der Waals surface area contributed by atoms with Gasteiger partial charge < -0.3 is 0 Å². The number of halogens is 4. The maximum absolute atomic E-state index is 11.9. The third kappa shape index (κ3) is 1.43. The number of hydrogen-bond donors (Lipinski definition) is 0. The van der Waals surface area contributed by atoms with Gasteiger partial charge in [-0.2, -0.15) is 0 Å². The summed E-state index contributed by atoms with van der Waals surface area (Å²) < 4.78 is 47.5. The lowest BCUT2D eigenvalue weighted by Gasteiger charge is -2.08. The first-order valence-corrected chi connectivity index (χ1v) is 2.37. The molecule has 0 saturated heterocycles. The Bertz CT molecular complexity index is 131. The maximum atomic E-state index is 11.9. The van der Waals surface area contributed by atoms with Crippen LogP contribution in [0.1, 0.15) is 6.42 Å². The molecule has 1 aliphatic rings. The van der Waals surface area contributed by atoms with E-state index in [1.165, 1.54) is 0 Å². The van der Waals surface area contributed by atoms with Crippen LogP contribution in [0.3, 0.4) is 0 Å². The van der Waals surface area contributed by atoms with Gasteiger partial charge in [0.2, 0.25) is 0 Å². The fraction of sp³-hybridized carbons (Fsp3) is 0.600. The van der Waals surface area contributed by atoms with Gasteiger partial charge in [0.25, 0.3) is 11.8 Å². The largest absolute Gasteiger partial charge is 0.272 e. The van der Waals surface area contributed by atoms with Gasteiger partial charge in [-0.05, 0) is 12.2 Å². The van der Waals surface area contributed by atoms with Gasteiger partial charge in [0.05, 0.1) is 6.42 Å². The van der Waals surface area contributed by atoms with Crippen molar-refractivity contribution in [1.82, 2.24) is 0 Å². The lowest BCUT2D eigenvalue weighted by molar-refractivity contribution is -0.0352. The Morgan fingerprint density at radius 1 is 0.889 bits per heavy atom. The quantitative estimate of drug-likeness (QED) is 0.357. The summed E-state index contributed by atoms with van der Waals surface area (Å²) in [5, 5.41) is 0. The average molecular weight is 140 g/mol. The summed E-state index contributed by atoms with van der Waals surface area (Å²) in [6.07, 6.45) is -0.889. The van der Waals surface area contributed by atoms with E-state index >= 15 is 0 Å². The van der Waals surface area contributed by atoms with Crippen LogP contribution in [-0.4, -0.2) is 11.8 Å². The van der Waals surface area contributed by atoms with Crippen molar-refractivity contribution in [2.24, 2.45) is 0 Å². The highest BCUT2D eigenvalue weighted by Crippen LogP contribution is 2.38. The Hall–Kier alpha value is -0.540. The number of hydrogen-bond acceptors (Lipinski definition) is 0. The molecule has 0 saturated carbocycles. The van der Waals surface area contributed by atoms with E-state index in [2.05, 4.69) is 0 Å². The molecule has 4 heteroatoms. The molecule has 9 heavy (non-hydrogen) atoms. The highest BCUT2D eigenvalue weighted by Gasteiger charge is 2.45. The van der Waals surface area contributed by atoms with Gasteiger partial charge in [-0.1, -0.05) is 0 Å². The summed E-state index contributed by atoms with van der Waals surface area (Å²) in [4.78, 5) is 0. The average Bonchev–Trinajstić information content (AvgIpc) is 1.78. The lowest BCUT2D eigenvalue weighted by Crippen LogP contribution is -2.17. The molecule has 0 atom stereocenters. The first-order chi connectivity index (χ1) is 3.91. The van der Waals surface area contributed by atoms with E-state index in [1.807, 2.05) is 0 Å². The zero-order valence-electron chi connectivity index (χ0n) is 4.37. The SMILES string of the molecule is FC1(F)C=CC(F)(F)C1. The number of allylic oxidation sites excluding steroid dienone is 2. The summed E-state index contributed by atoms with van der Waals surface area (Å²) in [6.45, 7) is 0. The van der Waals surface area contributed by atoms with Crippen molar-refractivity contribution in [2.75, 3.05) is 0 Å². The molecular weight excluding hydrogens is 136 g/mol. The Morgan fingerprint density at radius 3 is 1.33 bits per heavy atom. The van der Waals surface area contributed by atoms with Crippen molar-refractivity contribution < 1.29 is 17.6 Å². The molecule has 0 aromatic carbocycles. The van der Waals surface area contributed by atoms with Crippen LogP contribution in [0.4, 0.5) is 17.6 Å². The second-order valence-electron chi connectivity index (χ2n) is 2.03. The maximum Gasteiger partial charge on any atom is 0.272 e. The Labute approximate surface area is 49.2 Å². The van der Waals surface area contributed by atoms with E-state index in [0.29, 0.717) is 0 Å². The molecule has 0 N–H and O–H groups in total. The minimum atomic E-state index is -3.30. The molecule has 0 aromatic heterocycles. The van der Waals surface area contributed by atoms with Crippen molar-refractivity contribution in [1.29, 1.82) is 0 Å². The standard InChI is InChI=1S/C5H4F4/c6-4(7)1-2-5(8,9)3-4/h1-2H,3H2. The number of rotatable bonds is 0. The predicted octanol–water partition coefficient (Wildman–Crippen LogP) is 2.22. The molecule has 52 valence electrons. The Balaban J connectivity index is 2.71. The minimum Gasteiger partial charge on any atom is -0.202 e. The third-order valence-corrected chi connectivity index (χ3v) is 1.04. The van der Waals surface area contributed by atoms with Gasteiger partial charge in [-0.25, -0.2) is 17.6 Å². The van der Waals surface area contributed by atoms with Gasteiger partial charge >= 0.3 is 0 Å². The van der Waals surface area contributed by atoms with Gasteiger partial charge in [0, 0.05) is 0 Å². The second kappa shape index (κ2) is 1.49. The summed E-state index contributed by atoms with van der Waals surface area (Å²) in [5.74, 6) is -6.60. The zero-order chi connectivity index (χ0) is 7.12. The molecule has 0 aromatic rings. The molecule has 0 spiro atoms. The Kier molecular flexibility index (Phi) is 1.09. The van der Waals surface area contributed by atoms with Crippen LogP contribution in [0, 0.1) is 0 Å². The van der Waals surface area contributed by atoms with Crippen LogP contribution >= 0.6 is 0 Å². The zero-order valence-corrected chi connectivity index (χ0v) is 4.37. The Morgan fingerprint density at radius 2 is 1.22 bits per heavy atom. The third-order valence-electron chi connectivity index (χ3n) is 1.04. The summed E-state index contributed by atoms with van der Waals surface area (Å²) in [6, 6.07) is 0. The molecule has 0 unspecified atom stereocenters. The van der Waals surface area contributed by atoms with E-state index in [-0.39, 0.29) is 12.2 Å². The van der Waals surface area contributed by atoms with Crippen LogP contribution in [0.25, 0.3) is 0 Å². The summed E-state index contributed by atoms with van der Waals surface area (Å²) in [7, 11) is 0. The van der Waals surface area contributed by atoms with Crippen molar-refractivity contribution in [3.8, 4) is 0 Å². The van der Waals surface area contributed by atoms with Crippen molar-refractivity contribution in [3.63, 3.8) is 0 Å². The minimum absolute atomic E-state index is 0.243. The van der Waals surface area contributed by atoms with E-state index in [1.54, 1.807) is 0 Å². The van der Waals surface area contributed by atoms with E-state index < -0.39 is 18.3 Å². The molecule has 0 radical (unpaired) electrons. The first kappa shape index (κ1) is 6.58. The fourth-order valence-electron chi connectivity index (χ4n) is 0.676. The molecule has 1 aliphatic carbocycles. The lowest BCUT2D eigenvalue weighted by atomic mass is 10.2. The second-order valence-corrected chi connectivity index (χ2v) is 2.03. The van der Waals surface area contributed by atoms with Crippen molar-refractivity contribution >= 4 is 0 Å². The molecule has 0 bridgehead atoms. The van der Waals surface area contributed by atoms with Crippen LogP contribution in [0.2, 0.25) is 0 Å². The normalized spacial score (nSPS) is 28.9. The smallest absolute Gasteiger partial charge is 0.202 e. The molecule has 0 aliphatic heterocycles. The molecule has 0 heterocycles. The van der Waals surface area contributed by atoms with Gasteiger partial charge in [0.15, 0.2) is 0 Å². The summed E-state index contributed by atoms with van der Waals surface area (Å²) >= 11 is 0. The van der Waals surface area contributed by atoms with E-state index in [9.17, 15) is 17.6 Å². The molecular formula is C5H4F4. The van der Waals surface area contributed by atoms with Crippen molar-refractivity contribution in [2.45, 2.75) is 18.3 Å². The van der Waals surface area contributed by atoms with Crippen LogP contribution < -0.4 is 0 Å². The monoisotopic (exact) mass is 140 g/mol. The van der Waals surface area contributed by atoms with Gasteiger partial charge in [-0.15, -0.1) is 0 Å². The molecule has 0 amide bonds. The van der Waals surface area contributed by atoms with Gasteiger partial charge in [-0.3, -0.25) is 0 Å². The molecule has 0 fully saturated rings. The first-order valence-electron chi connectivity index (χ1n) is 2.37. The van der Waals surface area contributed by atoms with E-state index in [4.69, 9.17) is 0 Å². The van der Waals surface area contributed by atoms with Crippen LogP contribution in [0.15, 0.2) is 12.2 Å². The molecule has 1 rings (SSSR count). The highest BCUT2D eigenvalue weighted by atomic mass is 19.3. The number of alkyl halides is 4. The summed E-state index contributed by atoms with van der Waals surface area (Å²) in [5.41, 5.74) is 0. The predicted molar refractivity (Wildman–Crippen MR) is 23.7 cm³/mol. The van der Waals surface area contributed by atoms with Crippen LogP contribution in [-0.2, 0) is 0 Å². The van der Waals surface area contributed by atoms with Crippen molar-refractivity contribution in [3.05, 3.63) is 12.2 Å². The molecule has 0 nitrogen and oxygen atoms in total. The van der Waals surface area contributed by atoms with E-state index in [0.717, 1.165) is 0 Å². The highest BCUT2D eigenvalue weighted by molar-refractivity contribution is 5.12. The fourth-order valence-corrected chi connectivity index (χ4v) is 0.676. The van der Waals surface area contributed by atoms with Crippen LogP contribution in [0.5, 0.6) is 0 Å². The van der Waals surface area contributed by atoms with Gasteiger partial charge in [0.1, 0.15) is 0 Å². The topological polar surface area (TPSA) is 0 Å².